The number of hydrogen-bond acceptors (Lipinski definition) is 7. The number of nitrogens with zero attached hydrogens (tertiary/aromatic N) is 2. The Morgan fingerprint density at radius 1 is 1.11 bits per heavy atom. The van der Waals surface area contributed by atoms with Crippen LogP contribution in [0.1, 0.15) is 6.42 Å². The summed E-state index contributed by atoms with van der Waals surface area (Å²) in [6.07, 6.45) is 0.380. The monoisotopic (exact) mass is 248 g/mol. The molecule has 1 aromatic carbocycles. The van der Waals surface area contributed by atoms with Crippen molar-refractivity contribution >= 4 is 11.9 Å². The largest absolute Gasteiger partial charge is 0.493 e. The van der Waals surface area contributed by atoms with E-state index >= 15 is 0 Å². The van der Waals surface area contributed by atoms with E-state index in [4.69, 9.17) is 21.9 Å². The minimum atomic E-state index is -1.16. The normalized spacial score (nSPS) is 17.4. The SMILES string of the molecule is NC1=NC(N)(CCOc2ccccc2)N=C(N)N1. The van der Waals surface area contributed by atoms with E-state index in [1.165, 1.54) is 0 Å². The van der Waals surface area contributed by atoms with Crippen LogP contribution in [0.4, 0.5) is 0 Å². The number of nitrogens with one attached hydrogen (secondary N) is 1. The Bertz CT molecular complexity index is 452. The quantitative estimate of drug-likeness (QED) is 0.561. The van der Waals surface area contributed by atoms with Gasteiger partial charge in [-0.25, -0.2) is 9.98 Å². The zero-order chi connectivity index (χ0) is 13.0. The molecule has 0 atom stereocenters. The molecule has 1 heterocycles. The maximum atomic E-state index is 5.95. The van der Waals surface area contributed by atoms with Crippen molar-refractivity contribution in [2.45, 2.75) is 12.2 Å². The van der Waals surface area contributed by atoms with Crippen molar-refractivity contribution in [3.05, 3.63) is 30.3 Å². The van der Waals surface area contributed by atoms with Crippen molar-refractivity contribution in [1.82, 2.24) is 5.32 Å². The third-order valence-corrected chi connectivity index (χ3v) is 2.37. The van der Waals surface area contributed by atoms with Gasteiger partial charge in [0.05, 0.1) is 6.61 Å². The van der Waals surface area contributed by atoms with Crippen LogP contribution in [0.3, 0.4) is 0 Å². The average molecular weight is 248 g/mol. The Labute approximate surface area is 105 Å². The van der Waals surface area contributed by atoms with E-state index in [0.717, 1.165) is 5.75 Å². The highest BCUT2D eigenvalue weighted by Crippen LogP contribution is 2.15. The first-order valence-corrected chi connectivity index (χ1v) is 5.52. The van der Waals surface area contributed by atoms with Gasteiger partial charge in [-0.05, 0) is 12.1 Å². The van der Waals surface area contributed by atoms with Crippen LogP contribution in [-0.4, -0.2) is 24.3 Å². The summed E-state index contributed by atoms with van der Waals surface area (Å²) in [6.45, 7) is 0.369. The first kappa shape index (κ1) is 12.2. The maximum absolute atomic E-state index is 5.95. The van der Waals surface area contributed by atoms with Crippen LogP contribution in [-0.2, 0) is 0 Å². The number of rotatable bonds is 4. The van der Waals surface area contributed by atoms with E-state index in [0.29, 0.717) is 13.0 Å². The Kier molecular flexibility index (Phi) is 3.33. The van der Waals surface area contributed by atoms with Gasteiger partial charge in [0.2, 0.25) is 5.79 Å². The molecule has 0 unspecified atom stereocenters. The number of guanidine groups is 2. The Morgan fingerprint density at radius 3 is 2.33 bits per heavy atom. The van der Waals surface area contributed by atoms with Crippen molar-refractivity contribution < 1.29 is 4.74 Å². The number of aliphatic imine (C=N–C) groups is 2. The maximum Gasteiger partial charge on any atom is 0.212 e. The Morgan fingerprint density at radius 2 is 1.72 bits per heavy atom. The zero-order valence-corrected chi connectivity index (χ0v) is 9.84. The molecule has 7 heteroatoms. The van der Waals surface area contributed by atoms with Gasteiger partial charge in [-0.3, -0.25) is 11.1 Å². The second-order valence-corrected chi connectivity index (χ2v) is 3.91. The topological polar surface area (TPSA) is 124 Å². The molecule has 0 aromatic heterocycles. The summed E-state index contributed by atoms with van der Waals surface area (Å²) < 4.78 is 5.52. The van der Waals surface area contributed by atoms with Crippen LogP contribution in [0, 0.1) is 0 Å². The van der Waals surface area contributed by atoms with Crippen molar-refractivity contribution in [3.63, 3.8) is 0 Å². The molecular formula is C11H16N6O. The lowest BCUT2D eigenvalue weighted by Gasteiger charge is -2.25. The van der Waals surface area contributed by atoms with E-state index in [1.807, 2.05) is 30.3 Å². The molecule has 0 saturated carbocycles. The highest BCUT2D eigenvalue weighted by molar-refractivity contribution is 5.98. The molecule has 0 radical (unpaired) electrons. The third-order valence-electron chi connectivity index (χ3n) is 2.37. The predicted octanol–water partition coefficient (Wildman–Crippen LogP) is -0.699. The van der Waals surface area contributed by atoms with Crippen molar-refractivity contribution in [2.24, 2.45) is 27.2 Å². The Hall–Kier alpha value is -2.28. The summed E-state index contributed by atoms with van der Waals surface area (Å²) in [5, 5.41) is 2.58. The third kappa shape index (κ3) is 3.11. The molecule has 7 N–H and O–H groups in total. The summed E-state index contributed by atoms with van der Waals surface area (Å²) in [5.74, 6) is -0.0767. The second-order valence-electron chi connectivity index (χ2n) is 3.91. The molecule has 1 aliphatic rings. The fourth-order valence-electron chi connectivity index (χ4n) is 1.58. The molecule has 1 aliphatic heterocycles. The van der Waals surface area contributed by atoms with Crippen LogP contribution >= 0.6 is 0 Å². The summed E-state index contributed by atoms with van der Waals surface area (Å²) in [6, 6.07) is 9.43. The van der Waals surface area contributed by atoms with Crippen molar-refractivity contribution in [2.75, 3.05) is 6.61 Å². The molecule has 0 saturated heterocycles. The van der Waals surface area contributed by atoms with Gasteiger partial charge in [-0.2, -0.15) is 0 Å². The molecule has 96 valence electrons. The van der Waals surface area contributed by atoms with Crippen LogP contribution in [0.15, 0.2) is 40.3 Å². The molecule has 0 fully saturated rings. The number of ether oxygens (including phenoxy) is 1. The molecule has 0 bridgehead atoms. The molecule has 0 amide bonds. The van der Waals surface area contributed by atoms with Gasteiger partial charge >= 0.3 is 0 Å². The number of benzene rings is 1. The van der Waals surface area contributed by atoms with Crippen molar-refractivity contribution in [3.8, 4) is 5.75 Å². The second kappa shape index (κ2) is 4.92. The molecule has 18 heavy (non-hydrogen) atoms. The molecule has 0 aliphatic carbocycles. The summed E-state index contributed by atoms with van der Waals surface area (Å²) in [5.41, 5.74) is 17.0. The first-order chi connectivity index (χ1) is 8.57. The van der Waals surface area contributed by atoms with Gasteiger partial charge in [-0.15, -0.1) is 0 Å². The van der Waals surface area contributed by atoms with E-state index in [1.54, 1.807) is 0 Å². The molecule has 2 rings (SSSR count). The summed E-state index contributed by atoms with van der Waals surface area (Å²) in [7, 11) is 0. The van der Waals surface area contributed by atoms with Gasteiger partial charge in [0.15, 0.2) is 11.9 Å². The van der Waals surface area contributed by atoms with Crippen LogP contribution in [0.25, 0.3) is 0 Å². The van der Waals surface area contributed by atoms with E-state index in [9.17, 15) is 0 Å². The summed E-state index contributed by atoms with van der Waals surface area (Å²) >= 11 is 0. The van der Waals surface area contributed by atoms with Gasteiger partial charge in [0.1, 0.15) is 5.75 Å². The number of para-hydroxylation sites is 1. The minimum Gasteiger partial charge on any atom is -0.493 e. The fourth-order valence-corrected chi connectivity index (χ4v) is 1.58. The van der Waals surface area contributed by atoms with Gasteiger partial charge < -0.3 is 16.2 Å². The minimum absolute atomic E-state index is 0.157. The molecule has 1 aromatic rings. The van der Waals surface area contributed by atoms with Crippen LogP contribution in [0.2, 0.25) is 0 Å². The van der Waals surface area contributed by atoms with Crippen LogP contribution in [0.5, 0.6) is 5.75 Å². The standard InChI is InChI=1S/C11H16N6O/c12-9-15-10(13)17-11(14,16-9)6-7-18-8-4-2-1-3-5-8/h1-5H,6-7,14H2,(H5,12,13,15,16,17). The molecular weight excluding hydrogens is 232 g/mol. The Balaban J connectivity index is 1.92. The lowest BCUT2D eigenvalue weighted by Crippen LogP contribution is -2.53. The van der Waals surface area contributed by atoms with Gasteiger partial charge in [0, 0.05) is 6.42 Å². The smallest absolute Gasteiger partial charge is 0.212 e. The first-order valence-electron chi connectivity index (χ1n) is 5.52. The highest BCUT2D eigenvalue weighted by atomic mass is 16.5. The van der Waals surface area contributed by atoms with Crippen molar-refractivity contribution in [1.29, 1.82) is 0 Å². The zero-order valence-electron chi connectivity index (χ0n) is 9.84. The number of nitrogens with two attached hydrogens (primary N) is 3. The number of hydrogen-bond donors (Lipinski definition) is 4. The highest BCUT2D eigenvalue weighted by Gasteiger charge is 2.27. The fraction of sp³-hybridized carbons (Fsp3) is 0.273. The van der Waals surface area contributed by atoms with Gasteiger partial charge in [0.25, 0.3) is 0 Å². The lowest BCUT2D eigenvalue weighted by atomic mass is 10.2. The van der Waals surface area contributed by atoms with Gasteiger partial charge in [-0.1, -0.05) is 18.2 Å². The lowest BCUT2D eigenvalue weighted by molar-refractivity contribution is 0.263. The predicted molar refractivity (Wildman–Crippen MR) is 69.9 cm³/mol. The molecule has 7 nitrogen and oxygen atoms in total. The average Bonchev–Trinajstić information content (AvgIpc) is 2.28. The van der Waals surface area contributed by atoms with E-state index < -0.39 is 5.79 Å². The summed E-state index contributed by atoms with van der Waals surface area (Å²) in [4.78, 5) is 8.02. The van der Waals surface area contributed by atoms with Crippen LogP contribution < -0.4 is 27.3 Å². The van der Waals surface area contributed by atoms with E-state index in [2.05, 4.69) is 15.3 Å². The molecule has 0 spiro atoms. The van der Waals surface area contributed by atoms with E-state index in [-0.39, 0.29) is 11.9 Å².